The van der Waals surface area contributed by atoms with Gasteiger partial charge in [0.1, 0.15) is 0 Å². The summed E-state index contributed by atoms with van der Waals surface area (Å²) >= 11 is 0. The number of hydrogen-bond acceptors (Lipinski definition) is 4. The average molecular weight is 495 g/mol. The zero-order chi connectivity index (χ0) is 23.3. The molecule has 0 fully saturated rings. The maximum absolute atomic E-state index is 13.5. The van der Waals surface area contributed by atoms with E-state index >= 15 is 0 Å². The fraction of sp³-hybridized carbons (Fsp3) is 0.250. The van der Waals surface area contributed by atoms with Crippen LogP contribution in [0.5, 0.6) is 0 Å². The molecule has 30 heavy (non-hydrogen) atoms. The molecular weight excluding hydrogens is 479 g/mol. The van der Waals surface area contributed by atoms with E-state index in [-0.39, 0.29) is 10.6 Å². The monoisotopic (exact) mass is 495 g/mol. The summed E-state index contributed by atoms with van der Waals surface area (Å²) in [5.41, 5.74) is -12.6. The number of hydrogen-bond donors (Lipinski definition) is 0. The second kappa shape index (κ2) is 7.18. The Bertz CT molecular complexity index is 1040. The van der Waals surface area contributed by atoms with E-state index in [4.69, 9.17) is 0 Å². The zero-order valence-corrected chi connectivity index (χ0v) is 17.9. The van der Waals surface area contributed by atoms with Gasteiger partial charge in [0.15, 0.2) is 0 Å². The summed E-state index contributed by atoms with van der Waals surface area (Å²) in [4.78, 5) is 0. The fourth-order valence-corrected chi connectivity index (χ4v) is 14.5. The minimum absolute atomic E-state index is 0.310. The van der Waals surface area contributed by atoms with Gasteiger partial charge in [0.2, 0.25) is 0 Å². The first-order chi connectivity index (χ1) is 13.4. The quantitative estimate of drug-likeness (QED) is 0.471. The van der Waals surface area contributed by atoms with E-state index in [1.807, 2.05) is 0 Å². The summed E-state index contributed by atoms with van der Waals surface area (Å²) in [6, 6.07) is 12.2. The van der Waals surface area contributed by atoms with E-state index in [0.717, 1.165) is 37.6 Å². The van der Waals surface area contributed by atoms with Crippen molar-refractivity contribution in [3.63, 3.8) is 0 Å². The molecule has 2 rings (SSSR count). The molecule has 5 nitrogen and oxygen atoms in total. The predicted molar refractivity (Wildman–Crippen MR) is 103 cm³/mol. The van der Waals surface area contributed by atoms with E-state index in [1.165, 1.54) is 36.4 Å². The van der Waals surface area contributed by atoms with Crippen LogP contribution in [0.3, 0.4) is 0 Å². The molecule has 0 aromatic heterocycles. The van der Waals surface area contributed by atoms with Crippen LogP contribution < -0.4 is 10.6 Å². The Morgan fingerprint density at radius 3 is 1.13 bits per heavy atom. The Labute approximate surface area is 169 Å². The minimum atomic E-state index is -7.01. The molecular formula is C16H16F6NO4PS2. The molecule has 0 aliphatic carbocycles. The van der Waals surface area contributed by atoms with Crippen LogP contribution in [0.2, 0.25) is 0 Å². The van der Waals surface area contributed by atoms with Crippen LogP contribution >= 0.6 is 6.75 Å². The molecule has 0 radical (unpaired) electrons. The van der Waals surface area contributed by atoms with Gasteiger partial charge in [-0.1, -0.05) is 0 Å². The summed E-state index contributed by atoms with van der Waals surface area (Å²) in [6.45, 7) is -3.81. The SMILES string of the molecule is CP(C)(c1ccccc1)(c1ccccc1)N(S(=O)(=O)C(F)(F)F)S(=O)(=O)C(F)(F)F. The Kier molecular flexibility index (Phi) is 5.88. The van der Waals surface area contributed by atoms with Gasteiger partial charge >= 0.3 is 169 Å². The Morgan fingerprint density at radius 2 is 0.900 bits per heavy atom. The van der Waals surface area contributed by atoms with Crippen LogP contribution in [-0.2, 0) is 20.0 Å². The molecule has 0 spiro atoms. The molecule has 0 aliphatic heterocycles. The normalized spacial score (nSPS) is 15.6. The topological polar surface area (TPSA) is 71.5 Å². The summed E-state index contributed by atoms with van der Waals surface area (Å²) in [5.74, 6) is 0. The standard InChI is InChI=1S/C16H16F6NO4PS2/c1-28(2,13-9-5-3-6-10-13,14-11-7-4-8-12-14)23(29(24,25)15(17,18)19)30(26,27)16(20,21)22/h3-12H,1-2H3. The Balaban J connectivity index is 3.19. The summed E-state index contributed by atoms with van der Waals surface area (Å²) in [7, 11) is -14.0. The van der Waals surface area contributed by atoms with Crippen molar-refractivity contribution < 1.29 is 43.2 Å². The van der Waals surface area contributed by atoms with Crippen molar-refractivity contribution in [3.8, 4) is 0 Å². The molecule has 168 valence electrons. The summed E-state index contributed by atoms with van der Waals surface area (Å²) in [5, 5.41) is -0.620. The van der Waals surface area contributed by atoms with Crippen LogP contribution in [0.4, 0.5) is 26.3 Å². The van der Waals surface area contributed by atoms with Crippen molar-refractivity contribution >= 4 is 37.4 Å². The van der Waals surface area contributed by atoms with Gasteiger partial charge in [0.05, 0.1) is 0 Å². The van der Waals surface area contributed by atoms with Crippen LogP contribution in [0.15, 0.2) is 60.7 Å². The third-order valence-electron chi connectivity index (χ3n) is 4.52. The number of sulfonamides is 2. The van der Waals surface area contributed by atoms with Crippen LogP contribution in [0.1, 0.15) is 0 Å². The van der Waals surface area contributed by atoms with Crippen LogP contribution in [0, 0.1) is 0 Å². The van der Waals surface area contributed by atoms with E-state index in [9.17, 15) is 43.2 Å². The molecule has 0 saturated carbocycles. The molecule has 0 heterocycles. The van der Waals surface area contributed by atoms with Gasteiger partial charge in [-0.2, -0.15) is 0 Å². The van der Waals surface area contributed by atoms with Gasteiger partial charge in [-0.15, -0.1) is 0 Å². The zero-order valence-electron chi connectivity index (χ0n) is 15.4. The molecule has 2 aromatic rings. The van der Waals surface area contributed by atoms with Gasteiger partial charge in [0.25, 0.3) is 0 Å². The molecule has 2 aromatic carbocycles. The van der Waals surface area contributed by atoms with E-state index in [2.05, 4.69) is 0 Å². The van der Waals surface area contributed by atoms with Gasteiger partial charge in [-0.3, -0.25) is 0 Å². The molecule has 0 amide bonds. The van der Waals surface area contributed by atoms with Gasteiger partial charge in [-0.25, -0.2) is 0 Å². The third-order valence-corrected chi connectivity index (χ3v) is 16.5. The number of alkyl halides is 6. The van der Waals surface area contributed by atoms with Gasteiger partial charge in [-0.05, 0) is 0 Å². The molecule has 14 heteroatoms. The van der Waals surface area contributed by atoms with Gasteiger partial charge < -0.3 is 0 Å². The average Bonchev–Trinajstić information content (AvgIpc) is 2.61. The molecule has 0 N–H and O–H groups in total. The summed E-state index contributed by atoms with van der Waals surface area (Å²) < 4.78 is 129. The van der Waals surface area contributed by atoms with E-state index in [1.54, 1.807) is 0 Å². The first-order valence-corrected chi connectivity index (χ1v) is 13.9. The third kappa shape index (κ3) is 3.61. The molecule has 0 saturated heterocycles. The van der Waals surface area contributed by atoms with Gasteiger partial charge in [0, 0.05) is 0 Å². The number of halogens is 6. The second-order valence-corrected chi connectivity index (χ2v) is 16.7. The first kappa shape index (κ1) is 24.6. The van der Waals surface area contributed by atoms with E-state index in [0.29, 0.717) is 0 Å². The van der Waals surface area contributed by atoms with E-state index < -0.39 is 41.3 Å². The molecule has 0 unspecified atom stereocenters. The number of nitrogens with zero attached hydrogens (tertiary/aromatic N) is 1. The first-order valence-electron chi connectivity index (χ1n) is 7.94. The van der Waals surface area contributed by atoms with Crippen molar-refractivity contribution in [1.82, 2.24) is 3.48 Å². The van der Waals surface area contributed by atoms with Crippen LogP contribution in [-0.4, -0.2) is 44.7 Å². The van der Waals surface area contributed by atoms with Crippen molar-refractivity contribution in [2.75, 3.05) is 13.3 Å². The number of rotatable bonds is 5. The molecule has 0 bridgehead atoms. The molecule has 0 atom stereocenters. The fourth-order valence-electron chi connectivity index (χ4n) is 3.02. The van der Waals surface area contributed by atoms with Crippen LogP contribution in [0.25, 0.3) is 0 Å². The van der Waals surface area contributed by atoms with Crippen molar-refractivity contribution in [3.05, 3.63) is 60.7 Å². The number of benzene rings is 2. The van der Waals surface area contributed by atoms with Crippen molar-refractivity contribution in [2.45, 2.75) is 11.0 Å². The van der Waals surface area contributed by atoms with Crippen molar-refractivity contribution in [2.24, 2.45) is 0 Å². The predicted octanol–water partition coefficient (Wildman–Crippen LogP) is 3.37. The Hall–Kier alpha value is -1.69. The Morgan fingerprint density at radius 1 is 0.633 bits per heavy atom. The summed E-state index contributed by atoms with van der Waals surface area (Å²) in [6.07, 6.45) is 0. The van der Waals surface area contributed by atoms with Crippen molar-refractivity contribution in [1.29, 1.82) is 0 Å². The maximum atomic E-state index is 13.5. The molecule has 0 aliphatic rings. The second-order valence-electron chi connectivity index (χ2n) is 6.80.